The molecule has 0 bridgehead atoms. The van der Waals surface area contributed by atoms with Gasteiger partial charge in [-0.3, -0.25) is 4.79 Å². The molecule has 7 heteroatoms. The van der Waals surface area contributed by atoms with Gasteiger partial charge in [-0.25, -0.2) is 4.98 Å². The second-order valence-corrected chi connectivity index (χ2v) is 9.19. The van der Waals surface area contributed by atoms with Crippen LogP contribution in [0.5, 0.6) is 11.6 Å². The summed E-state index contributed by atoms with van der Waals surface area (Å²) in [7, 11) is 0. The molecule has 1 amide bonds. The number of hydrogen-bond donors (Lipinski definition) is 1. The van der Waals surface area contributed by atoms with E-state index in [4.69, 9.17) is 4.74 Å². The lowest BCUT2D eigenvalue weighted by Crippen LogP contribution is -2.54. The number of rotatable bonds is 6. The molecule has 1 atom stereocenters. The number of amides is 1. The largest absolute Gasteiger partial charge is 0.437 e. The van der Waals surface area contributed by atoms with Crippen molar-refractivity contribution in [2.24, 2.45) is 0 Å². The van der Waals surface area contributed by atoms with Crippen LogP contribution in [0.1, 0.15) is 20.8 Å². The maximum absolute atomic E-state index is 13.8. The van der Waals surface area contributed by atoms with Gasteiger partial charge in [0.1, 0.15) is 17.4 Å². The summed E-state index contributed by atoms with van der Waals surface area (Å²) >= 11 is 1.44. The molecule has 3 heterocycles. The highest BCUT2D eigenvalue weighted by molar-refractivity contribution is 7.12. The summed E-state index contributed by atoms with van der Waals surface area (Å²) in [6.07, 6.45) is 2.40. The first-order valence-electron chi connectivity index (χ1n) is 11.5. The molecule has 174 valence electrons. The van der Waals surface area contributed by atoms with Crippen molar-refractivity contribution in [2.45, 2.75) is 12.5 Å². The Bertz CT molecular complexity index is 1360. The van der Waals surface area contributed by atoms with Gasteiger partial charge in [0.15, 0.2) is 0 Å². The van der Waals surface area contributed by atoms with Crippen LogP contribution in [0.3, 0.4) is 0 Å². The number of pyridine rings is 1. The second-order valence-electron chi connectivity index (χ2n) is 8.28. The molecule has 1 saturated heterocycles. The molecular formula is C28H24N4O2S. The molecule has 35 heavy (non-hydrogen) atoms. The molecule has 1 aliphatic heterocycles. The van der Waals surface area contributed by atoms with Gasteiger partial charge in [-0.05, 0) is 41.6 Å². The minimum atomic E-state index is 0.0304. The fourth-order valence-corrected chi connectivity index (χ4v) is 5.22. The van der Waals surface area contributed by atoms with Crippen LogP contribution in [0.2, 0.25) is 0 Å². The predicted molar refractivity (Wildman–Crippen MR) is 137 cm³/mol. The fourth-order valence-electron chi connectivity index (χ4n) is 4.35. The molecule has 0 radical (unpaired) electrons. The summed E-state index contributed by atoms with van der Waals surface area (Å²) in [5, 5.41) is 14.8. The lowest BCUT2D eigenvalue weighted by Gasteiger charge is -2.36. The number of nitrogens with zero attached hydrogens (tertiary/aromatic N) is 3. The van der Waals surface area contributed by atoms with Crippen molar-refractivity contribution in [1.29, 1.82) is 5.26 Å². The van der Waals surface area contributed by atoms with Crippen molar-refractivity contribution in [1.82, 2.24) is 15.2 Å². The number of ether oxygens (including phenoxy) is 1. The summed E-state index contributed by atoms with van der Waals surface area (Å²) in [4.78, 5) is 20.7. The Morgan fingerprint density at radius 2 is 1.91 bits per heavy atom. The Labute approximate surface area is 208 Å². The Kier molecular flexibility index (Phi) is 6.85. The number of thiophene rings is 1. The molecule has 1 N–H and O–H groups in total. The number of para-hydroxylation sites is 1. The van der Waals surface area contributed by atoms with Crippen LogP contribution >= 0.6 is 11.3 Å². The monoisotopic (exact) mass is 480 g/mol. The Morgan fingerprint density at radius 1 is 1.09 bits per heavy atom. The molecule has 0 saturated carbocycles. The molecule has 1 unspecified atom stereocenters. The van der Waals surface area contributed by atoms with E-state index in [9.17, 15) is 10.1 Å². The van der Waals surface area contributed by atoms with E-state index < -0.39 is 0 Å². The number of piperazine rings is 1. The first-order chi connectivity index (χ1) is 17.2. The molecule has 4 aromatic rings. The lowest BCUT2D eigenvalue weighted by molar-refractivity contribution is 0.0642. The van der Waals surface area contributed by atoms with Gasteiger partial charge in [0.25, 0.3) is 5.91 Å². The van der Waals surface area contributed by atoms with Gasteiger partial charge in [-0.2, -0.15) is 5.26 Å². The number of nitriles is 1. The molecule has 1 aliphatic rings. The van der Waals surface area contributed by atoms with Crippen molar-refractivity contribution in [3.8, 4) is 28.8 Å². The van der Waals surface area contributed by atoms with Gasteiger partial charge in [0.2, 0.25) is 5.88 Å². The van der Waals surface area contributed by atoms with Crippen LogP contribution in [0.4, 0.5) is 0 Å². The predicted octanol–water partition coefficient (Wildman–Crippen LogP) is 5.13. The average molecular weight is 481 g/mol. The molecule has 1 fully saturated rings. The SMILES string of the molecule is N#Cc1cccnc1Oc1ccccc1-c1ccsc1C(=O)N1CCNCC1Cc1ccccc1. The standard InChI is InChI=1S/C28H24N4O2S/c29-18-21-9-6-13-31-27(21)34-25-11-5-4-10-23(25)24-12-16-35-26(24)28(33)32-15-14-30-19-22(32)17-20-7-2-1-3-8-20/h1-13,16,22,30H,14-15,17,19H2. The summed E-state index contributed by atoms with van der Waals surface area (Å²) in [5.74, 6) is 0.828. The van der Waals surface area contributed by atoms with Gasteiger partial charge in [0, 0.05) is 43.0 Å². The topological polar surface area (TPSA) is 78.2 Å². The summed E-state index contributed by atoms with van der Waals surface area (Å²) < 4.78 is 6.07. The van der Waals surface area contributed by atoms with Crippen LogP contribution in [-0.4, -0.2) is 41.5 Å². The third-order valence-electron chi connectivity index (χ3n) is 6.06. The first kappa shape index (κ1) is 22.8. The first-order valence-corrected chi connectivity index (χ1v) is 12.4. The number of carbonyl (C=O) groups is 1. The van der Waals surface area contributed by atoms with Crippen LogP contribution in [0.15, 0.2) is 84.4 Å². The number of aromatic nitrogens is 1. The van der Waals surface area contributed by atoms with Crippen LogP contribution in [0.25, 0.3) is 11.1 Å². The summed E-state index contributed by atoms with van der Waals surface area (Å²) in [6, 6.07) is 25.4. The van der Waals surface area contributed by atoms with Gasteiger partial charge in [-0.15, -0.1) is 11.3 Å². The number of hydrogen-bond acceptors (Lipinski definition) is 6. The number of benzene rings is 2. The Hall–Kier alpha value is -3.99. The van der Waals surface area contributed by atoms with E-state index in [1.807, 2.05) is 58.8 Å². The highest BCUT2D eigenvalue weighted by atomic mass is 32.1. The van der Waals surface area contributed by atoms with Crippen molar-refractivity contribution >= 4 is 17.2 Å². The molecule has 2 aromatic heterocycles. The van der Waals surface area contributed by atoms with Crippen molar-refractivity contribution < 1.29 is 9.53 Å². The van der Waals surface area contributed by atoms with E-state index in [2.05, 4.69) is 28.5 Å². The van der Waals surface area contributed by atoms with E-state index in [1.165, 1.54) is 16.9 Å². The molecule has 0 spiro atoms. The fraction of sp³-hybridized carbons (Fsp3) is 0.179. The molecule has 2 aromatic carbocycles. The van der Waals surface area contributed by atoms with E-state index in [1.54, 1.807) is 18.3 Å². The highest BCUT2D eigenvalue weighted by Gasteiger charge is 2.30. The normalized spacial score (nSPS) is 15.4. The maximum atomic E-state index is 13.8. The second kappa shape index (κ2) is 10.5. The minimum Gasteiger partial charge on any atom is -0.437 e. The van der Waals surface area contributed by atoms with Gasteiger partial charge >= 0.3 is 0 Å². The highest BCUT2D eigenvalue weighted by Crippen LogP contribution is 2.38. The van der Waals surface area contributed by atoms with Crippen LogP contribution < -0.4 is 10.1 Å². The molecular weight excluding hydrogens is 456 g/mol. The van der Waals surface area contributed by atoms with Gasteiger partial charge < -0.3 is 15.0 Å². The van der Waals surface area contributed by atoms with Crippen molar-refractivity contribution in [3.05, 3.63) is 100 Å². The zero-order chi connectivity index (χ0) is 24.0. The molecule has 0 aliphatic carbocycles. The van der Waals surface area contributed by atoms with Crippen molar-refractivity contribution in [3.63, 3.8) is 0 Å². The zero-order valence-electron chi connectivity index (χ0n) is 19.1. The van der Waals surface area contributed by atoms with Gasteiger partial charge in [-0.1, -0.05) is 48.5 Å². The smallest absolute Gasteiger partial charge is 0.264 e. The Balaban J connectivity index is 1.45. The molecule has 6 nitrogen and oxygen atoms in total. The third kappa shape index (κ3) is 4.94. The summed E-state index contributed by atoms with van der Waals surface area (Å²) in [6.45, 7) is 2.19. The molecule has 5 rings (SSSR count). The number of carbonyl (C=O) groups excluding carboxylic acids is 1. The average Bonchev–Trinajstić information content (AvgIpc) is 3.40. The van der Waals surface area contributed by atoms with E-state index in [0.717, 1.165) is 30.6 Å². The summed E-state index contributed by atoms with van der Waals surface area (Å²) in [5.41, 5.74) is 3.18. The van der Waals surface area contributed by atoms with Gasteiger partial charge in [0.05, 0.1) is 4.88 Å². The van der Waals surface area contributed by atoms with E-state index in [0.29, 0.717) is 22.7 Å². The quantitative estimate of drug-likeness (QED) is 0.414. The zero-order valence-corrected chi connectivity index (χ0v) is 19.9. The Morgan fingerprint density at radius 3 is 2.77 bits per heavy atom. The van der Waals surface area contributed by atoms with E-state index in [-0.39, 0.29) is 17.8 Å². The van der Waals surface area contributed by atoms with Crippen LogP contribution in [0, 0.1) is 11.3 Å². The number of nitrogens with one attached hydrogen (secondary N) is 1. The maximum Gasteiger partial charge on any atom is 0.264 e. The minimum absolute atomic E-state index is 0.0304. The van der Waals surface area contributed by atoms with E-state index >= 15 is 0 Å². The van der Waals surface area contributed by atoms with Crippen molar-refractivity contribution in [2.75, 3.05) is 19.6 Å². The lowest BCUT2D eigenvalue weighted by atomic mass is 10.0. The van der Waals surface area contributed by atoms with Crippen LogP contribution in [-0.2, 0) is 6.42 Å². The third-order valence-corrected chi connectivity index (χ3v) is 6.96.